The summed E-state index contributed by atoms with van der Waals surface area (Å²) in [6.45, 7) is 4.98. The molecule has 0 radical (unpaired) electrons. The average molecular weight is 236 g/mol. The van der Waals surface area contributed by atoms with E-state index in [0.717, 1.165) is 23.8 Å². The zero-order valence-electron chi connectivity index (χ0n) is 9.82. The van der Waals surface area contributed by atoms with Crippen LogP contribution in [0.4, 0.5) is 5.13 Å². The monoisotopic (exact) mass is 236 g/mol. The third-order valence-electron chi connectivity index (χ3n) is 2.38. The first kappa shape index (κ1) is 11.1. The van der Waals surface area contributed by atoms with Gasteiger partial charge < -0.3 is 5.32 Å². The Morgan fingerprint density at radius 1 is 1.50 bits per heavy atom. The van der Waals surface area contributed by atoms with Crippen molar-refractivity contribution in [3.63, 3.8) is 0 Å². The molecule has 0 atom stereocenters. The van der Waals surface area contributed by atoms with Gasteiger partial charge in [0.15, 0.2) is 5.13 Å². The summed E-state index contributed by atoms with van der Waals surface area (Å²) in [6.07, 6.45) is 4.91. The van der Waals surface area contributed by atoms with E-state index in [0.29, 0.717) is 0 Å². The van der Waals surface area contributed by atoms with Crippen molar-refractivity contribution in [1.82, 2.24) is 14.8 Å². The lowest BCUT2D eigenvalue weighted by Crippen LogP contribution is -2.00. The number of aromatic nitrogens is 3. The molecule has 2 aromatic heterocycles. The summed E-state index contributed by atoms with van der Waals surface area (Å²) >= 11 is 1.68. The minimum Gasteiger partial charge on any atom is -0.357 e. The summed E-state index contributed by atoms with van der Waals surface area (Å²) in [6, 6.07) is 0. The first-order valence-corrected chi connectivity index (χ1v) is 6.18. The summed E-state index contributed by atoms with van der Waals surface area (Å²) in [5.74, 6) is 0. The van der Waals surface area contributed by atoms with Crippen molar-refractivity contribution in [2.75, 3.05) is 5.32 Å². The van der Waals surface area contributed by atoms with Gasteiger partial charge in [0.25, 0.3) is 0 Å². The number of nitrogens with zero attached hydrogens (tertiary/aromatic N) is 3. The fraction of sp³-hybridized carbons (Fsp3) is 0.455. The van der Waals surface area contributed by atoms with Gasteiger partial charge in [0.05, 0.1) is 5.69 Å². The van der Waals surface area contributed by atoms with Gasteiger partial charge in [0, 0.05) is 36.4 Å². The lowest BCUT2D eigenvalue weighted by molar-refractivity contribution is 0.746. The van der Waals surface area contributed by atoms with Crippen molar-refractivity contribution in [1.29, 1.82) is 0 Å². The minimum absolute atomic E-state index is 0.796. The van der Waals surface area contributed by atoms with E-state index in [-0.39, 0.29) is 0 Å². The summed E-state index contributed by atoms with van der Waals surface area (Å²) in [7, 11) is 1.95. The zero-order chi connectivity index (χ0) is 11.5. The van der Waals surface area contributed by atoms with Crippen LogP contribution in [0.3, 0.4) is 0 Å². The lowest BCUT2D eigenvalue weighted by atomic mass is 10.2. The Kier molecular flexibility index (Phi) is 3.24. The molecule has 2 rings (SSSR count). The highest BCUT2D eigenvalue weighted by Crippen LogP contribution is 2.18. The Balaban J connectivity index is 2.04. The molecule has 0 saturated carbocycles. The van der Waals surface area contributed by atoms with E-state index in [9.17, 15) is 0 Å². The Morgan fingerprint density at radius 3 is 2.94 bits per heavy atom. The van der Waals surface area contributed by atoms with Crippen LogP contribution in [0.2, 0.25) is 0 Å². The van der Waals surface area contributed by atoms with Gasteiger partial charge in [-0.15, -0.1) is 11.3 Å². The fourth-order valence-electron chi connectivity index (χ4n) is 1.64. The number of anilines is 1. The maximum atomic E-state index is 4.41. The Hall–Kier alpha value is -1.36. The van der Waals surface area contributed by atoms with Crippen molar-refractivity contribution in [2.45, 2.75) is 26.8 Å². The van der Waals surface area contributed by atoms with E-state index in [1.165, 1.54) is 10.4 Å². The second-order valence-corrected chi connectivity index (χ2v) is 4.99. The zero-order valence-corrected chi connectivity index (χ0v) is 10.6. The molecule has 0 aliphatic rings. The fourth-order valence-corrected chi connectivity index (χ4v) is 2.30. The molecule has 0 aliphatic heterocycles. The second-order valence-electron chi connectivity index (χ2n) is 3.76. The molecule has 0 unspecified atom stereocenters. The number of thiazole rings is 1. The van der Waals surface area contributed by atoms with E-state index in [1.807, 2.05) is 17.9 Å². The maximum Gasteiger partial charge on any atom is 0.183 e. The molecule has 0 aromatic carbocycles. The summed E-state index contributed by atoms with van der Waals surface area (Å²) in [5, 5.41) is 8.71. The van der Waals surface area contributed by atoms with Gasteiger partial charge in [-0.25, -0.2) is 4.98 Å². The average Bonchev–Trinajstić information content (AvgIpc) is 2.81. The van der Waals surface area contributed by atoms with Gasteiger partial charge in [0.1, 0.15) is 0 Å². The van der Waals surface area contributed by atoms with Gasteiger partial charge in [-0.2, -0.15) is 5.10 Å². The van der Waals surface area contributed by atoms with Crippen LogP contribution < -0.4 is 5.32 Å². The van der Waals surface area contributed by atoms with Crippen LogP contribution in [0.15, 0.2) is 12.4 Å². The highest BCUT2D eigenvalue weighted by atomic mass is 32.1. The molecule has 0 saturated heterocycles. The van der Waals surface area contributed by atoms with Crippen LogP contribution in [0.25, 0.3) is 0 Å². The van der Waals surface area contributed by atoms with Crippen molar-refractivity contribution in [3.05, 3.63) is 28.5 Å². The highest BCUT2D eigenvalue weighted by molar-refractivity contribution is 7.15. The first-order chi connectivity index (χ1) is 7.69. The number of aryl methyl sites for hydroxylation is 3. The Morgan fingerprint density at radius 2 is 2.31 bits per heavy atom. The minimum atomic E-state index is 0.796. The van der Waals surface area contributed by atoms with Gasteiger partial charge >= 0.3 is 0 Å². The predicted molar refractivity (Wildman–Crippen MR) is 66.8 cm³/mol. The summed E-state index contributed by atoms with van der Waals surface area (Å²) in [4.78, 5) is 5.50. The van der Waals surface area contributed by atoms with E-state index in [4.69, 9.17) is 0 Å². The van der Waals surface area contributed by atoms with Crippen molar-refractivity contribution in [3.8, 4) is 0 Å². The van der Waals surface area contributed by atoms with Crippen molar-refractivity contribution >= 4 is 16.5 Å². The number of nitrogens with one attached hydrogen (secondary N) is 1. The molecular formula is C11H16N4S. The third-order valence-corrected chi connectivity index (χ3v) is 3.25. The molecule has 16 heavy (non-hydrogen) atoms. The molecule has 0 bridgehead atoms. The van der Waals surface area contributed by atoms with Gasteiger partial charge in [0.2, 0.25) is 0 Å². The molecule has 0 aliphatic carbocycles. The predicted octanol–water partition coefficient (Wildman–Crippen LogP) is 2.36. The van der Waals surface area contributed by atoms with Crippen LogP contribution in [-0.2, 0) is 20.0 Å². The molecule has 0 amide bonds. The van der Waals surface area contributed by atoms with E-state index >= 15 is 0 Å². The molecule has 86 valence electrons. The van der Waals surface area contributed by atoms with Crippen LogP contribution in [-0.4, -0.2) is 14.8 Å². The molecule has 2 aromatic rings. The quantitative estimate of drug-likeness (QED) is 0.886. The van der Waals surface area contributed by atoms with E-state index in [2.05, 4.69) is 35.4 Å². The van der Waals surface area contributed by atoms with Crippen LogP contribution in [0.5, 0.6) is 0 Å². The Bertz CT molecular complexity index is 472. The molecule has 4 nitrogen and oxygen atoms in total. The van der Waals surface area contributed by atoms with Gasteiger partial charge in [-0.05, 0) is 13.3 Å². The smallest absolute Gasteiger partial charge is 0.183 e. The normalized spacial score (nSPS) is 10.7. The van der Waals surface area contributed by atoms with Crippen molar-refractivity contribution < 1.29 is 0 Å². The molecule has 5 heteroatoms. The summed E-state index contributed by atoms with van der Waals surface area (Å²) < 4.78 is 1.86. The van der Waals surface area contributed by atoms with E-state index in [1.54, 1.807) is 11.3 Å². The molecule has 0 fully saturated rings. The molecule has 0 spiro atoms. The number of rotatable bonds is 4. The molecular weight excluding hydrogens is 220 g/mol. The highest BCUT2D eigenvalue weighted by Gasteiger charge is 2.06. The largest absolute Gasteiger partial charge is 0.357 e. The number of hydrogen-bond acceptors (Lipinski definition) is 4. The van der Waals surface area contributed by atoms with E-state index < -0.39 is 0 Å². The second kappa shape index (κ2) is 4.65. The van der Waals surface area contributed by atoms with Crippen LogP contribution >= 0.6 is 11.3 Å². The maximum absolute atomic E-state index is 4.41. The van der Waals surface area contributed by atoms with Crippen molar-refractivity contribution in [2.24, 2.45) is 7.05 Å². The lowest BCUT2D eigenvalue weighted by Gasteiger charge is -2.01. The van der Waals surface area contributed by atoms with Gasteiger partial charge in [-0.3, -0.25) is 4.68 Å². The first-order valence-electron chi connectivity index (χ1n) is 5.36. The topological polar surface area (TPSA) is 42.7 Å². The molecule has 1 N–H and O–H groups in total. The van der Waals surface area contributed by atoms with Gasteiger partial charge in [-0.1, -0.05) is 6.92 Å². The van der Waals surface area contributed by atoms with Crippen LogP contribution in [0.1, 0.15) is 23.1 Å². The summed E-state index contributed by atoms with van der Waals surface area (Å²) in [5.41, 5.74) is 2.40. The standard InChI is InChI=1S/C11H16N4S/c1-4-10-9(7-15(3)14-10)6-13-11-12-5-8(2)16-11/h5,7H,4,6H2,1-3H3,(H,12,13). The Labute approximate surface area is 99.3 Å². The van der Waals surface area contributed by atoms with Crippen LogP contribution in [0, 0.1) is 6.92 Å². The third kappa shape index (κ3) is 2.41. The SMILES string of the molecule is CCc1nn(C)cc1CNc1ncc(C)s1. The molecule has 2 heterocycles. The number of hydrogen-bond donors (Lipinski definition) is 1.